The summed E-state index contributed by atoms with van der Waals surface area (Å²) in [5.41, 5.74) is 1.27. The standard InChI is InChI=1S/C14H14OS/c15-13(12-7-4-10-16-12)14(8-9-14)11-5-2-1-3-6-11/h1-7,10,13,15H,8-9H2. The first-order chi connectivity index (χ1) is 7.83. The van der Waals surface area contributed by atoms with E-state index >= 15 is 0 Å². The van der Waals surface area contributed by atoms with E-state index in [0.717, 1.165) is 17.7 Å². The van der Waals surface area contributed by atoms with Gasteiger partial charge in [-0.15, -0.1) is 11.3 Å². The first-order valence-electron chi connectivity index (χ1n) is 5.60. The molecular weight excluding hydrogens is 216 g/mol. The second kappa shape index (κ2) is 3.72. The van der Waals surface area contributed by atoms with E-state index in [1.165, 1.54) is 5.56 Å². The second-order valence-corrected chi connectivity index (χ2v) is 5.42. The summed E-state index contributed by atoms with van der Waals surface area (Å²) in [7, 11) is 0. The highest BCUT2D eigenvalue weighted by Gasteiger charge is 2.50. The van der Waals surface area contributed by atoms with E-state index in [4.69, 9.17) is 0 Å². The molecule has 2 aromatic rings. The number of aliphatic hydroxyl groups excluding tert-OH is 1. The van der Waals surface area contributed by atoms with Crippen molar-refractivity contribution in [1.82, 2.24) is 0 Å². The van der Waals surface area contributed by atoms with Crippen molar-refractivity contribution < 1.29 is 5.11 Å². The minimum absolute atomic E-state index is 0.00782. The molecule has 1 N–H and O–H groups in total. The van der Waals surface area contributed by atoms with E-state index < -0.39 is 0 Å². The molecule has 0 radical (unpaired) electrons. The molecule has 2 heteroatoms. The summed E-state index contributed by atoms with van der Waals surface area (Å²) >= 11 is 1.64. The minimum Gasteiger partial charge on any atom is -0.387 e. The SMILES string of the molecule is OC(c1cccs1)C1(c2ccccc2)CC1. The van der Waals surface area contributed by atoms with E-state index in [1.54, 1.807) is 11.3 Å². The summed E-state index contributed by atoms with van der Waals surface area (Å²) < 4.78 is 0. The van der Waals surface area contributed by atoms with Crippen LogP contribution in [0.25, 0.3) is 0 Å². The molecule has 0 spiro atoms. The summed E-state index contributed by atoms with van der Waals surface area (Å²) in [5, 5.41) is 12.5. The van der Waals surface area contributed by atoms with Crippen LogP contribution in [0.2, 0.25) is 0 Å². The van der Waals surface area contributed by atoms with Crippen molar-refractivity contribution in [3.05, 3.63) is 58.3 Å². The third-order valence-corrected chi connectivity index (χ3v) is 4.40. The topological polar surface area (TPSA) is 20.2 Å². The Labute approximate surface area is 99.4 Å². The van der Waals surface area contributed by atoms with Crippen molar-refractivity contribution in [2.45, 2.75) is 24.4 Å². The molecule has 0 aliphatic heterocycles. The molecule has 1 aromatic carbocycles. The van der Waals surface area contributed by atoms with Gasteiger partial charge in [-0.05, 0) is 29.9 Å². The third-order valence-electron chi connectivity index (χ3n) is 3.47. The maximum Gasteiger partial charge on any atom is 0.0978 e. The van der Waals surface area contributed by atoms with Crippen LogP contribution < -0.4 is 0 Å². The van der Waals surface area contributed by atoms with E-state index in [2.05, 4.69) is 24.3 Å². The fourth-order valence-electron chi connectivity index (χ4n) is 2.34. The van der Waals surface area contributed by atoms with Gasteiger partial charge in [-0.2, -0.15) is 0 Å². The molecule has 1 heterocycles. The van der Waals surface area contributed by atoms with Crippen molar-refractivity contribution >= 4 is 11.3 Å². The van der Waals surface area contributed by atoms with E-state index in [1.807, 2.05) is 23.6 Å². The maximum absolute atomic E-state index is 10.5. The molecule has 1 nitrogen and oxygen atoms in total. The second-order valence-electron chi connectivity index (χ2n) is 4.44. The van der Waals surface area contributed by atoms with Crippen LogP contribution in [0.5, 0.6) is 0 Å². The molecule has 82 valence electrons. The van der Waals surface area contributed by atoms with Gasteiger partial charge in [0.05, 0.1) is 6.10 Å². The van der Waals surface area contributed by atoms with Crippen molar-refractivity contribution in [2.24, 2.45) is 0 Å². The van der Waals surface area contributed by atoms with Gasteiger partial charge in [0.15, 0.2) is 0 Å². The molecule has 1 aliphatic rings. The first-order valence-corrected chi connectivity index (χ1v) is 6.48. The summed E-state index contributed by atoms with van der Waals surface area (Å²) in [6, 6.07) is 14.4. The van der Waals surface area contributed by atoms with Gasteiger partial charge in [0.25, 0.3) is 0 Å². The molecule has 0 amide bonds. The zero-order chi connectivity index (χ0) is 11.0. The summed E-state index contributed by atoms with van der Waals surface area (Å²) in [5.74, 6) is 0. The maximum atomic E-state index is 10.5. The quantitative estimate of drug-likeness (QED) is 0.855. The summed E-state index contributed by atoms with van der Waals surface area (Å²) in [6.45, 7) is 0. The van der Waals surface area contributed by atoms with Crippen molar-refractivity contribution in [1.29, 1.82) is 0 Å². The summed E-state index contributed by atoms with van der Waals surface area (Å²) in [4.78, 5) is 1.08. The highest BCUT2D eigenvalue weighted by atomic mass is 32.1. The molecule has 16 heavy (non-hydrogen) atoms. The van der Waals surface area contributed by atoms with Crippen molar-refractivity contribution in [3.8, 4) is 0 Å². The van der Waals surface area contributed by atoms with Crippen molar-refractivity contribution in [2.75, 3.05) is 0 Å². The molecule has 0 saturated heterocycles. The van der Waals surface area contributed by atoms with Gasteiger partial charge >= 0.3 is 0 Å². The van der Waals surface area contributed by atoms with Gasteiger partial charge < -0.3 is 5.11 Å². The fourth-order valence-corrected chi connectivity index (χ4v) is 3.17. The Balaban J connectivity index is 1.95. The average molecular weight is 230 g/mol. The molecule has 1 aliphatic carbocycles. The molecule has 1 aromatic heterocycles. The Kier molecular flexibility index (Phi) is 2.34. The van der Waals surface area contributed by atoms with Crippen LogP contribution in [0.4, 0.5) is 0 Å². The molecule has 0 bridgehead atoms. The number of rotatable bonds is 3. The number of hydrogen-bond acceptors (Lipinski definition) is 2. The lowest BCUT2D eigenvalue weighted by molar-refractivity contribution is 0.136. The Morgan fingerprint density at radius 1 is 1.06 bits per heavy atom. The normalized spacial score (nSPS) is 19.3. The van der Waals surface area contributed by atoms with Gasteiger partial charge in [0.2, 0.25) is 0 Å². The number of hydrogen-bond donors (Lipinski definition) is 1. The third kappa shape index (κ3) is 1.49. The predicted molar refractivity (Wildman–Crippen MR) is 66.6 cm³/mol. The highest BCUT2D eigenvalue weighted by molar-refractivity contribution is 7.10. The van der Waals surface area contributed by atoms with E-state index in [-0.39, 0.29) is 11.5 Å². The zero-order valence-electron chi connectivity index (χ0n) is 8.97. The lowest BCUT2D eigenvalue weighted by Crippen LogP contribution is -2.17. The van der Waals surface area contributed by atoms with Crippen LogP contribution in [-0.2, 0) is 5.41 Å². The van der Waals surface area contributed by atoms with Gasteiger partial charge in [-0.25, -0.2) is 0 Å². The largest absolute Gasteiger partial charge is 0.387 e. The van der Waals surface area contributed by atoms with Crippen molar-refractivity contribution in [3.63, 3.8) is 0 Å². The van der Waals surface area contributed by atoms with Crippen LogP contribution in [0.15, 0.2) is 47.8 Å². The van der Waals surface area contributed by atoms with Gasteiger partial charge in [-0.3, -0.25) is 0 Å². The Hall–Kier alpha value is -1.12. The number of aliphatic hydroxyl groups is 1. The molecule has 3 rings (SSSR count). The molecule has 1 unspecified atom stereocenters. The lowest BCUT2D eigenvalue weighted by atomic mass is 9.89. The zero-order valence-corrected chi connectivity index (χ0v) is 9.78. The van der Waals surface area contributed by atoms with Crippen LogP contribution in [-0.4, -0.2) is 5.11 Å². The Morgan fingerprint density at radius 2 is 1.81 bits per heavy atom. The molecule has 1 saturated carbocycles. The predicted octanol–water partition coefficient (Wildman–Crippen LogP) is 3.51. The van der Waals surface area contributed by atoms with Crippen LogP contribution in [0.1, 0.15) is 29.4 Å². The highest BCUT2D eigenvalue weighted by Crippen LogP contribution is 2.56. The van der Waals surface area contributed by atoms with Gasteiger partial charge in [0, 0.05) is 10.3 Å². The smallest absolute Gasteiger partial charge is 0.0978 e. The average Bonchev–Trinajstić information content (AvgIpc) is 2.97. The number of thiophene rings is 1. The monoisotopic (exact) mass is 230 g/mol. The Morgan fingerprint density at radius 3 is 2.38 bits per heavy atom. The van der Waals surface area contributed by atoms with E-state index in [9.17, 15) is 5.11 Å². The lowest BCUT2D eigenvalue weighted by Gasteiger charge is -2.21. The molecular formula is C14H14OS. The van der Waals surface area contributed by atoms with Gasteiger partial charge in [-0.1, -0.05) is 36.4 Å². The fraction of sp³-hybridized carbons (Fsp3) is 0.286. The summed E-state index contributed by atoms with van der Waals surface area (Å²) in [6.07, 6.45) is 1.85. The molecule has 1 atom stereocenters. The van der Waals surface area contributed by atoms with Crippen LogP contribution >= 0.6 is 11.3 Å². The van der Waals surface area contributed by atoms with E-state index in [0.29, 0.717) is 0 Å². The minimum atomic E-state index is -0.338. The molecule has 1 fully saturated rings. The van der Waals surface area contributed by atoms with Gasteiger partial charge in [0.1, 0.15) is 0 Å². The van der Waals surface area contributed by atoms with Crippen LogP contribution in [0.3, 0.4) is 0 Å². The Bertz CT molecular complexity index is 457. The number of benzene rings is 1. The first kappa shape index (κ1) is 10.1. The van der Waals surface area contributed by atoms with Crippen LogP contribution in [0, 0.1) is 0 Å².